The number of ether oxygens (including phenoxy) is 1. The molecule has 0 bridgehead atoms. The minimum atomic E-state index is -1.87. The van der Waals surface area contributed by atoms with Gasteiger partial charge in [0, 0.05) is 38.6 Å². The number of aliphatic hydroxyl groups is 1. The van der Waals surface area contributed by atoms with Gasteiger partial charge in [0.15, 0.2) is 0 Å². The van der Waals surface area contributed by atoms with Crippen molar-refractivity contribution in [3.8, 4) is 0 Å². The standard InChI is InChI=1S/C13H26N2O4S/c1-4-13(3)10(2)12(16)11(19-13)9-14-5-7-15(8-6-14)20(17)18/h10-12,16H,4-9H2,1-3H3,(H,17,18). The van der Waals surface area contributed by atoms with E-state index in [-0.39, 0.29) is 17.6 Å². The number of aliphatic hydroxyl groups excluding tert-OH is 1. The van der Waals surface area contributed by atoms with Crippen LogP contribution in [0, 0.1) is 5.92 Å². The van der Waals surface area contributed by atoms with Crippen molar-refractivity contribution in [1.29, 1.82) is 0 Å². The van der Waals surface area contributed by atoms with Gasteiger partial charge in [-0.05, 0) is 13.3 Å². The molecule has 0 saturated carbocycles. The average molecular weight is 306 g/mol. The lowest BCUT2D eigenvalue weighted by Gasteiger charge is -2.34. The fourth-order valence-electron chi connectivity index (χ4n) is 3.08. The van der Waals surface area contributed by atoms with Gasteiger partial charge in [-0.3, -0.25) is 9.45 Å². The third kappa shape index (κ3) is 3.23. The highest BCUT2D eigenvalue weighted by Gasteiger charge is 2.48. The summed E-state index contributed by atoms with van der Waals surface area (Å²) < 4.78 is 27.6. The van der Waals surface area contributed by atoms with Crippen LogP contribution < -0.4 is 0 Å². The molecule has 2 heterocycles. The van der Waals surface area contributed by atoms with Gasteiger partial charge >= 0.3 is 0 Å². The molecule has 2 aliphatic heterocycles. The molecule has 2 fully saturated rings. The van der Waals surface area contributed by atoms with Crippen molar-refractivity contribution < 1.29 is 18.6 Å². The molecule has 0 amide bonds. The fourth-order valence-corrected chi connectivity index (χ4v) is 3.56. The van der Waals surface area contributed by atoms with Crippen molar-refractivity contribution in [3.63, 3.8) is 0 Å². The lowest BCUT2D eigenvalue weighted by molar-refractivity contribution is -0.0636. The molecule has 118 valence electrons. The fraction of sp³-hybridized carbons (Fsp3) is 1.00. The quantitative estimate of drug-likeness (QED) is 0.731. The van der Waals surface area contributed by atoms with Crippen molar-refractivity contribution in [3.05, 3.63) is 0 Å². The second-order valence-corrected chi connectivity index (χ2v) is 7.04. The van der Waals surface area contributed by atoms with E-state index in [1.807, 2.05) is 6.92 Å². The van der Waals surface area contributed by atoms with Crippen molar-refractivity contribution in [2.24, 2.45) is 5.92 Å². The molecule has 0 spiro atoms. The van der Waals surface area contributed by atoms with Crippen LogP contribution in [-0.2, 0) is 16.0 Å². The molecule has 6 nitrogen and oxygen atoms in total. The Balaban J connectivity index is 1.87. The zero-order valence-corrected chi connectivity index (χ0v) is 13.3. The minimum Gasteiger partial charge on any atom is -0.390 e. The zero-order chi connectivity index (χ0) is 14.9. The molecule has 2 aliphatic rings. The highest BCUT2D eigenvalue weighted by molar-refractivity contribution is 7.76. The van der Waals surface area contributed by atoms with Gasteiger partial charge in [-0.15, -0.1) is 0 Å². The van der Waals surface area contributed by atoms with Crippen LogP contribution in [0.1, 0.15) is 27.2 Å². The molecular weight excluding hydrogens is 280 g/mol. The van der Waals surface area contributed by atoms with Crippen LogP contribution in [0.3, 0.4) is 0 Å². The van der Waals surface area contributed by atoms with Gasteiger partial charge in [0.05, 0.1) is 17.8 Å². The van der Waals surface area contributed by atoms with Crippen LogP contribution in [0.25, 0.3) is 0 Å². The van der Waals surface area contributed by atoms with Gasteiger partial charge in [0.25, 0.3) is 0 Å². The number of piperazine rings is 1. The molecule has 2 N–H and O–H groups in total. The Morgan fingerprint density at radius 2 is 1.95 bits per heavy atom. The van der Waals surface area contributed by atoms with E-state index >= 15 is 0 Å². The highest BCUT2D eigenvalue weighted by Crippen LogP contribution is 2.38. The van der Waals surface area contributed by atoms with Crippen LogP contribution in [-0.4, -0.2) is 73.6 Å². The van der Waals surface area contributed by atoms with Crippen molar-refractivity contribution in [1.82, 2.24) is 9.21 Å². The predicted molar refractivity (Wildman–Crippen MR) is 77.5 cm³/mol. The molecule has 5 atom stereocenters. The highest BCUT2D eigenvalue weighted by atomic mass is 32.2. The largest absolute Gasteiger partial charge is 0.390 e. The van der Waals surface area contributed by atoms with Crippen molar-refractivity contribution in [2.45, 2.75) is 45.0 Å². The van der Waals surface area contributed by atoms with E-state index < -0.39 is 17.4 Å². The molecule has 7 heteroatoms. The summed E-state index contributed by atoms with van der Waals surface area (Å²) in [4.78, 5) is 2.20. The van der Waals surface area contributed by atoms with E-state index in [0.717, 1.165) is 19.5 Å². The minimum absolute atomic E-state index is 0.128. The molecule has 0 radical (unpaired) electrons. The topological polar surface area (TPSA) is 73.2 Å². The van der Waals surface area contributed by atoms with E-state index in [1.165, 1.54) is 0 Å². The summed E-state index contributed by atoms with van der Waals surface area (Å²) >= 11 is -1.87. The molecule has 2 saturated heterocycles. The van der Waals surface area contributed by atoms with E-state index in [0.29, 0.717) is 19.6 Å². The van der Waals surface area contributed by atoms with Crippen LogP contribution in [0.4, 0.5) is 0 Å². The summed E-state index contributed by atoms with van der Waals surface area (Å²) in [6, 6.07) is 0. The van der Waals surface area contributed by atoms with E-state index in [4.69, 9.17) is 9.29 Å². The Hall–Kier alpha value is -0.0500. The van der Waals surface area contributed by atoms with E-state index in [2.05, 4.69) is 18.7 Å². The molecule has 2 rings (SSSR count). The molecule has 0 aliphatic carbocycles. The summed E-state index contributed by atoms with van der Waals surface area (Å²) in [7, 11) is 0. The maximum Gasteiger partial charge on any atom is 0.234 e. The second kappa shape index (κ2) is 6.37. The summed E-state index contributed by atoms with van der Waals surface area (Å²) in [6.07, 6.45) is 0.282. The number of hydrogen-bond donors (Lipinski definition) is 2. The van der Waals surface area contributed by atoms with E-state index in [1.54, 1.807) is 4.31 Å². The average Bonchev–Trinajstić information content (AvgIpc) is 2.65. The normalized spacial score (nSPS) is 42.0. The summed E-state index contributed by atoms with van der Waals surface area (Å²) in [5, 5.41) is 10.3. The monoisotopic (exact) mass is 306 g/mol. The first-order chi connectivity index (χ1) is 9.37. The molecule has 0 aromatic rings. The lowest BCUT2D eigenvalue weighted by Crippen LogP contribution is -2.50. The molecular formula is C13H26N2O4S. The Labute approximate surface area is 123 Å². The number of hydrogen-bond acceptors (Lipinski definition) is 4. The van der Waals surface area contributed by atoms with Gasteiger partial charge in [-0.2, -0.15) is 4.31 Å². The predicted octanol–water partition coefficient (Wildman–Crippen LogP) is 0.305. The summed E-state index contributed by atoms with van der Waals surface area (Å²) in [6.45, 7) is 9.49. The maximum atomic E-state index is 11.0. The summed E-state index contributed by atoms with van der Waals surface area (Å²) in [5.74, 6) is 0.128. The van der Waals surface area contributed by atoms with Gasteiger partial charge in [-0.25, -0.2) is 4.21 Å². The maximum absolute atomic E-state index is 11.0. The van der Waals surface area contributed by atoms with Crippen molar-refractivity contribution in [2.75, 3.05) is 32.7 Å². The first kappa shape index (κ1) is 16.3. The van der Waals surface area contributed by atoms with Crippen molar-refractivity contribution >= 4 is 11.3 Å². The SMILES string of the molecule is CCC1(C)OC(CN2CCN(S(=O)O)CC2)C(O)C1C. The number of rotatable bonds is 4. The Kier molecular flexibility index (Phi) is 5.20. The van der Waals surface area contributed by atoms with Crippen LogP contribution in [0.5, 0.6) is 0 Å². The first-order valence-corrected chi connectivity index (χ1v) is 8.38. The van der Waals surface area contributed by atoms with E-state index in [9.17, 15) is 9.32 Å². The third-order valence-corrected chi connectivity index (χ3v) is 5.78. The van der Waals surface area contributed by atoms with Gasteiger partial charge in [0.2, 0.25) is 11.3 Å². The number of nitrogens with zero attached hydrogens (tertiary/aromatic N) is 2. The Morgan fingerprint density at radius 3 is 2.40 bits per heavy atom. The molecule has 0 aromatic carbocycles. The van der Waals surface area contributed by atoms with Gasteiger partial charge in [0.1, 0.15) is 0 Å². The summed E-state index contributed by atoms with van der Waals surface area (Å²) in [5.41, 5.74) is -0.251. The first-order valence-electron chi connectivity index (χ1n) is 7.31. The molecule has 20 heavy (non-hydrogen) atoms. The van der Waals surface area contributed by atoms with Gasteiger partial charge < -0.3 is 9.84 Å². The van der Waals surface area contributed by atoms with Gasteiger partial charge in [-0.1, -0.05) is 13.8 Å². The second-order valence-electron chi connectivity index (χ2n) is 6.06. The zero-order valence-electron chi connectivity index (χ0n) is 12.5. The Morgan fingerprint density at radius 1 is 1.35 bits per heavy atom. The Bertz CT molecular complexity index is 362. The van der Waals surface area contributed by atoms with Crippen LogP contribution >= 0.6 is 0 Å². The smallest absolute Gasteiger partial charge is 0.234 e. The van der Waals surface area contributed by atoms with Crippen LogP contribution in [0.2, 0.25) is 0 Å². The lowest BCUT2D eigenvalue weighted by atomic mass is 9.86. The molecule has 5 unspecified atom stereocenters. The molecule has 0 aromatic heterocycles. The van der Waals surface area contributed by atoms with Crippen LogP contribution in [0.15, 0.2) is 0 Å². The third-order valence-electron chi connectivity index (χ3n) is 4.97.